The molecule has 0 N–H and O–H groups in total. The quantitative estimate of drug-likeness (QED) is 0.710. The normalized spacial score (nSPS) is 18.3. The molecule has 0 atom stereocenters. The van der Waals surface area contributed by atoms with Crippen molar-refractivity contribution in [2.45, 2.75) is 45.9 Å². The first-order valence-corrected chi connectivity index (χ1v) is 7.58. The lowest BCUT2D eigenvalue weighted by Crippen LogP contribution is -2.26. The zero-order chi connectivity index (χ0) is 13.2. The molecule has 0 bridgehead atoms. The summed E-state index contributed by atoms with van der Waals surface area (Å²) in [5.41, 5.74) is 4.51. The summed E-state index contributed by atoms with van der Waals surface area (Å²) < 4.78 is 0. The van der Waals surface area contributed by atoms with Crippen LogP contribution in [0.2, 0.25) is 0 Å². The van der Waals surface area contributed by atoms with Crippen LogP contribution in [-0.4, -0.2) is 13.1 Å². The van der Waals surface area contributed by atoms with E-state index >= 15 is 0 Å². The second-order valence-corrected chi connectivity index (χ2v) is 5.90. The summed E-state index contributed by atoms with van der Waals surface area (Å²) in [5.74, 6) is 0.606. The Morgan fingerprint density at radius 3 is 2.50 bits per heavy atom. The maximum Gasteiger partial charge on any atom is 0.0474 e. The highest BCUT2D eigenvalue weighted by Gasteiger charge is 2.35. The Morgan fingerprint density at radius 1 is 1.28 bits per heavy atom. The zero-order valence-corrected chi connectivity index (χ0v) is 12.6. The van der Waals surface area contributed by atoms with Crippen molar-refractivity contribution < 1.29 is 0 Å². The van der Waals surface area contributed by atoms with Crippen molar-refractivity contribution in [3.8, 4) is 0 Å². The molecule has 100 valence electrons. The first-order valence-electron chi connectivity index (χ1n) is 7.04. The molecule has 0 aromatic heterocycles. The topological polar surface area (TPSA) is 3.24 Å². The zero-order valence-electron chi connectivity index (χ0n) is 11.8. The SMILES string of the molecule is CCC1(CC)CCN(c2ccc(CCl)cc2C)C1. The van der Waals surface area contributed by atoms with Crippen molar-refractivity contribution in [1.82, 2.24) is 0 Å². The number of rotatable bonds is 4. The minimum atomic E-state index is 0.539. The van der Waals surface area contributed by atoms with Gasteiger partial charge in [-0.15, -0.1) is 11.6 Å². The molecule has 0 spiro atoms. The van der Waals surface area contributed by atoms with E-state index in [2.05, 4.69) is 43.9 Å². The third-order valence-corrected chi connectivity index (χ3v) is 5.00. The molecule has 1 aliphatic heterocycles. The Labute approximate surface area is 116 Å². The van der Waals surface area contributed by atoms with Crippen LogP contribution < -0.4 is 4.90 Å². The number of aryl methyl sites for hydroxylation is 1. The summed E-state index contributed by atoms with van der Waals surface area (Å²) in [7, 11) is 0. The Hall–Kier alpha value is -0.690. The largest absolute Gasteiger partial charge is 0.371 e. The minimum Gasteiger partial charge on any atom is -0.371 e. The van der Waals surface area contributed by atoms with Crippen LogP contribution in [0, 0.1) is 12.3 Å². The van der Waals surface area contributed by atoms with E-state index < -0.39 is 0 Å². The van der Waals surface area contributed by atoms with Gasteiger partial charge in [0, 0.05) is 24.7 Å². The van der Waals surface area contributed by atoms with Crippen molar-refractivity contribution in [2.24, 2.45) is 5.41 Å². The van der Waals surface area contributed by atoms with Crippen molar-refractivity contribution >= 4 is 17.3 Å². The van der Waals surface area contributed by atoms with Gasteiger partial charge in [-0.1, -0.05) is 26.0 Å². The van der Waals surface area contributed by atoms with Crippen molar-refractivity contribution in [3.05, 3.63) is 29.3 Å². The number of halogens is 1. The van der Waals surface area contributed by atoms with Gasteiger partial charge in [0.25, 0.3) is 0 Å². The van der Waals surface area contributed by atoms with Crippen molar-refractivity contribution in [2.75, 3.05) is 18.0 Å². The minimum absolute atomic E-state index is 0.539. The number of nitrogens with zero attached hydrogens (tertiary/aromatic N) is 1. The van der Waals surface area contributed by atoms with Crippen LogP contribution in [0.15, 0.2) is 18.2 Å². The average Bonchev–Trinajstić information content (AvgIpc) is 2.83. The fourth-order valence-electron chi connectivity index (χ4n) is 3.12. The van der Waals surface area contributed by atoms with Crippen LogP contribution in [-0.2, 0) is 5.88 Å². The standard InChI is InChI=1S/C16H24ClN/c1-4-16(5-2)8-9-18(12-16)15-7-6-14(11-17)10-13(15)3/h6-7,10H,4-5,8-9,11-12H2,1-3H3. The van der Waals surface area contributed by atoms with Crippen molar-refractivity contribution in [1.29, 1.82) is 0 Å². The molecule has 1 saturated heterocycles. The molecular weight excluding hydrogens is 242 g/mol. The molecule has 18 heavy (non-hydrogen) atoms. The molecule has 0 aliphatic carbocycles. The summed E-state index contributed by atoms with van der Waals surface area (Å²) in [4.78, 5) is 2.56. The average molecular weight is 266 g/mol. The van der Waals surface area contributed by atoms with Crippen molar-refractivity contribution in [3.63, 3.8) is 0 Å². The first-order chi connectivity index (χ1) is 8.64. The predicted octanol–water partition coefficient (Wildman–Crippen LogP) is 4.75. The highest BCUT2D eigenvalue weighted by atomic mass is 35.5. The van der Waals surface area contributed by atoms with Crippen LogP contribution >= 0.6 is 11.6 Å². The Bertz CT molecular complexity index is 410. The maximum atomic E-state index is 5.89. The summed E-state index contributed by atoms with van der Waals surface area (Å²) in [6.45, 7) is 9.26. The lowest BCUT2D eigenvalue weighted by molar-refractivity contribution is 0.301. The number of benzene rings is 1. The van der Waals surface area contributed by atoms with Crippen LogP contribution in [0.1, 0.15) is 44.2 Å². The van der Waals surface area contributed by atoms with Gasteiger partial charge in [0.1, 0.15) is 0 Å². The molecule has 2 rings (SSSR count). The lowest BCUT2D eigenvalue weighted by Gasteiger charge is -2.28. The summed E-state index contributed by atoms with van der Waals surface area (Å²) in [6.07, 6.45) is 3.91. The fraction of sp³-hybridized carbons (Fsp3) is 0.625. The molecule has 1 aromatic rings. The summed E-state index contributed by atoms with van der Waals surface area (Å²) in [6, 6.07) is 6.63. The van der Waals surface area contributed by atoms with E-state index in [1.807, 2.05) is 0 Å². The highest BCUT2D eigenvalue weighted by molar-refractivity contribution is 6.17. The van der Waals surface area contributed by atoms with Gasteiger partial charge in [-0.3, -0.25) is 0 Å². The molecular formula is C16H24ClN. The number of anilines is 1. The number of alkyl halides is 1. The summed E-state index contributed by atoms with van der Waals surface area (Å²) in [5, 5.41) is 0. The molecule has 0 saturated carbocycles. The van der Waals surface area contributed by atoms with Gasteiger partial charge in [-0.2, -0.15) is 0 Å². The molecule has 1 nitrogen and oxygen atoms in total. The van der Waals surface area contributed by atoms with Crippen LogP contribution in [0.4, 0.5) is 5.69 Å². The monoisotopic (exact) mass is 265 g/mol. The smallest absolute Gasteiger partial charge is 0.0474 e. The lowest BCUT2D eigenvalue weighted by atomic mass is 9.82. The second kappa shape index (κ2) is 5.52. The number of hydrogen-bond acceptors (Lipinski definition) is 1. The fourth-order valence-corrected chi connectivity index (χ4v) is 3.29. The van der Waals surface area contributed by atoms with Crippen LogP contribution in [0.25, 0.3) is 0 Å². The summed E-state index contributed by atoms with van der Waals surface area (Å²) >= 11 is 5.89. The Morgan fingerprint density at radius 2 is 2.00 bits per heavy atom. The maximum absolute atomic E-state index is 5.89. The highest BCUT2D eigenvalue weighted by Crippen LogP contribution is 2.39. The van der Waals surface area contributed by atoms with E-state index in [1.54, 1.807) is 0 Å². The third kappa shape index (κ3) is 2.51. The van der Waals surface area contributed by atoms with E-state index in [0.717, 1.165) is 0 Å². The van der Waals surface area contributed by atoms with Crippen LogP contribution in [0.3, 0.4) is 0 Å². The predicted molar refractivity (Wildman–Crippen MR) is 80.6 cm³/mol. The molecule has 1 aromatic carbocycles. The molecule has 1 heterocycles. The molecule has 0 unspecified atom stereocenters. The molecule has 1 aliphatic rings. The van der Waals surface area contributed by atoms with Gasteiger partial charge in [-0.25, -0.2) is 0 Å². The van der Waals surface area contributed by atoms with Gasteiger partial charge >= 0.3 is 0 Å². The van der Waals surface area contributed by atoms with Gasteiger partial charge < -0.3 is 4.90 Å². The van der Waals surface area contributed by atoms with E-state index in [9.17, 15) is 0 Å². The van der Waals surface area contributed by atoms with Crippen LogP contribution in [0.5, 0.6) is 0 Å². The van der Waals surface area contributed by atoms with Gasteiger partial charge in [-0.05, 0) is 48.8 Å². The van der Waals surface area contributed by atoms with E-state index in [-0.39, 0.29) is 0 Å². The second-order valence-electron chi connectivity index (χ2n) is 5.63. The molecule has 1 fully saturated rings. The van der Waals surface area contributed by atoms with Gasteiger partial charge in [0.2, 0.25) is 0 Å². The third-order valence-electron chi connectivity index (χ3n) is 4.69. The molecule has 0 radical (unpaired) electrons. The van der Waals surface area contributed by atoms with E-state index in [1.165, 1.54) is 49.2 Å². The van der Waals surface area contributed by atoms with Gasteiger partial charge in [0.15, 0.2) is 0 Å². The Balaban J connectivity index is 2.19. The molecule has 2 heteroatoms. The number of hydrogen-bond donors (Lipinski definition) is 0. The first kappa shape index (κ1) is 13.7. The van der Waals surface area contributed by atoms with E-state index in [4.69, 9.17) is 11.6 Å². The van der Waals surface area contributed by atoms with Gasteiger partial charge in [0.05, 0.1) is 0 Å². The molecule has 0 amide bonds. The van der Waals surface area contributed by atoms with E-state index in [0.29, 0.717) is 11.3 Å². The Kier molecular flexibility index (Phi) is 4.21.